The lowest BCUT2D eigenvalue weighted by Crippen LogP contribution is -2.24. The highest BCUT2D eigenvalue weighted by Gasteiger charge is 2.21. The Morgan fingerprint density at radius 3 is 2.29 bits per heavy atom. The predicted octanol–water partition coefficient (Wildman–Crippen LogP) is 3.39. The summed E-state index contributed by atoms with van der Waals surface area (Å²) in [6, 6.07) is 3.95. The highest BCUT2D eigenvalue weighted by atomic mass is 16.4. The molecule has 0 atom stereocenters. The number of nitrogens with one attached hydrogen (secondary N) is 1. The van der Waals surface area contributed by atoms with Crippen LogP contribution in [0, 0.1) is 5.92 Å². The van der Waals surface area contributed by atoms with Crippen LogP contribution in [0.3, 0.4) is 0 Å². The first-order chi connectivity index (χ1) is 10.1. The van der Waals surface area contributed by atoms with Crippen LogP contribution in [0.1, 0.15) is 55.3 Å². The molecule has 1 aromatic carbocycles. The van der Waals surface area contributed by atoms with E-state index in [0.717, 1.165) is 44.6 Å². The molecule has 0 aromatic heterocycles. The van der Waals surface area contributed by atoms with E-state index in [-0.39, 0.29) is 28.8 Å². The molecule has 114 valence electrons. The Hall–Kier alpha value is -2.04. The lowest BCUT2D eigenvalue weighted by molar-refractivity contribution is -0.120. The minimum absolute atomic E-state index is 0.0549. The zero-order chi connectivity index (χ0) is 15.2. The zero-order valence-corrected chi connectivity index (χ0v) is 12.0. The van der Waals surface area contributed by atoms with Crippen LogP contribution in [0.15, 0.2) is 18.2 Å². The fraction of sp³-hybridized carbons (Fsp3) is 0.500. The Morgan fingerprint density at radius 1 is 1.05 bits per heavy atom. The van der Waals surface area contributed by atoms with Gasteiger partial charge in [-0.15, -0.1) is 0 Å². The van der Waals surface area contributed by atoms with Crippen molar-refractivity contribution < 1.29 is 19.8 Å². The van der Waals surface area contributed by atoms with Gasteiger partial charge >= 0.3 is 5.97 Å². The maximum atomic E-state index is 12.3. The number of hydrogen-bond acceptors (Lipinski definition) is 3. The number of carboxylic acids is 1. The van der Waals surface area contributed by atoms with Gasteiger partial charge in [0.25, 0.3) is 0 Å². The third kappa shape index (κ3) is 4.21. The molecule has 5 nitrogen and oxygen atoms in total. The second kappa shape index (κ2) is 7.11. The number of carbonyl (C=O) groups is 2. The number of benzene rings is 1. The van der Waals surface area contributed by atoms with Gasteiger partial charge in [0.15, 0.2) is 0 Å². The van der Waals surface area contributed by atoms with Crippen molar-refractivity contribution in [2.24, 2.45) is 5.92 Å². The Morgan fingerprint density at radius 2 is 1.67 bits per heavy atom. The van der Waals surface area contributed by atoms with Crippen LogP contribution in [0.4, 0.5) is 5.69 Å². The second-order valence-corrected chi connectivity index (χ2v) is 5.57. The van der Waals surface area contributed by atoms with Gasteiger partial charge in [0.1, 0.15) is 5.75 Å². The lowest BCUT2D eigenvalue weighted by atomic mass is 9.90. The topological polar surface area (TPSA) is 86.6 Å². The van der Waals surface area contributed by atoms with Crippen molar-refractivity contribution in [1.29, 1.82) is 0 Å². The summed E-state index contributed by atoms with van der Waals surface area (Å²) >= 11 is 0. The lowest BCUT2D eigenvalue weighted by Gasteiger charge is -2.19. The Labute approximate surface area is 124 Å². The molecule has 3 N–H and O–H groups in total. The highest BCUT2D eigenvalue weighted by Crippen LogP contribution is 2.26. The third-order valence-electron chi connectivity index (χ3n) is 3.97. The average molecular weight is 291 g/mol. The smallest absolute Gasteiger partial charge is 0.337 e. The molecule has 0 bridgehead atoms. The Bertz CT molecular complexity index is 519. The molecule has 1 fully saturated rings. The summed E-state index contributed by atoms with van der Waals surface area (Å²) in [7, 11) is 0. The van der Waals surface area contributed by atoms with E-state index in [9.17, 15) is 14.7 Å². The molecule has 1 aliphatic rings. The summed E-state index contributed by atoms with van der Waals surface area (Å²) in [5, 5.41) is 21.2. The fourth-order valence-electron chi connectivity index (χ4n) is 2.77. The van der Waals surface area contributed by atoms with E-state index < -0.39 is 5.97 Å². The van der Waals surface area contributed by atoms with Gasteiger partial charge in [-0.05, 0) is 31.0 Å². The maximum absolute atomic E-state index is 12.3. The first-order valence-electron chi connectivity index (χ1n) is 7.45. The first-order valence-corrected chi connectivity index (χ1v) is 7.45. The molecule has 1 saturated carbocycles. The van der Waals surface area contributed by atoms with Gasteiger partial charge < -0.3 is 15.5 Å². The number of aromatic carboxylic acids is 1. The molecule has 21 heavy (non-hydrogen) atoms. The van der Waals surface area contributed by atoms with Crippen molar-refractivity contribution in [1.82, 2.24) is 0 Å². The van der Waals surface area contributed by atoms with Crippen molar-refractivity contribution in [2.45, 2.75) is 44.9 Å². The van der Waals surface area contributed by atoms with Gasteiger partial charge in [-0.2, -0.15) is 0 Å². The first kappa shape index (κ1) is 15.4. The monoisotopic (exact) mass is 291 g/mol. The zero-order valence-electron chi connectivity index (χ0n) is 12.0. The predicted molar refractivity (Wildman–Crippen MR) is 79.5 cm³/mol. The van der Waals surface area contributed by atoms with Gasteiger partial charge in [-0.3, -0.25) is 4.79 Å². The molecule has 0 radical (unpaired) electrons. The van der Waals surface area contributed by atoms with E-state index >= 15 is 0 Å². The summed E-state index contributed by atoms with van der Waals surface area (Å²) in [5.41, 5.74) is 0.154. The SMILES string of the molecule is O=C(O)c1cc(O)ccc1NC(=O)C1CCCCCCC1. The fourth-order valence-corrected chi connectivity index (χ4v) is 2.77. The van der Waals surface area contributed by atoms with Crippen molar-refractivity contribution in [3.05, 3.63) is 23.8 Å². The number of phenolic OH excluding ortho intramolecular Hbond substituents is 1. The quantitative estimate of drug-likeness (QED) is 0.745. The van der Waals surface area contributed by atoms with E-state index in [0.29, 0.717) is 0 Å². The van der Waals surface area contributed by atoms with E-state index in [4.69, 9.17) is 5.11 Å². The van der Waals surface area contributed by atoms with Crippen LogP contribution < -0.4 is 5.32 Å². The van der Waals surface area contributed by atoms with E-state index in [1.807, 2.05) is 0 Å². The number of phenols is 1. The minimum atomic E-state index is -1.17. The molecule has 0 heterocycles. The molecule has 0 saturated heterocycles. The van der Waals surface area contributed by atoms with Crippen molar-refractivity contribution >= 4 is 17.6 Å². The summed E-state index contributed by atoms with van der Waals surface area (Å²) in [6.45, 7) is 0. The van der Waals surface area contributed by atoms with E-state index in [2.05, 4.69) is 5.32 Å². The number of hydrogen-bond donors (Lipinski definition) is 3. The molecule has 1 aromatic rings. The number of anilines is 1. The normalized spacial score (nSPS) is 16.8. The van der Waals surface area contributed by atoms with Gasteiger partial charge in [-0.25, -0.2) is 4.79 Å². The molecule has 1 aliphatic carbocycles. The molecule has 0 unspecified atom stereocenters. The standard InChI is InChI=1S/C16H21NO4/c18-12-8-9-14(13(10-12)16(20)21)17-15(19)11-6-4-2-1-3-5-7-11/h8-11,18H,1-7H2,(H,17,19)(H,20,21). The molecule has 2 rings (SSSR count). The molecular weight excluding hydrogens is 270 g/mol. The van der Waals surface area contributed by atoms with Gasteiger partial charge in [0.2, 0.25) is 5.91 Å². The van der Waals surface area contributed by atoms with Crippen LogP contribution in [-0.2, 0) is 4.79 Å². The van der Waals surface area contributed by atoms with Crippen LogP contribution in [0.25, 0.3) is 0 Å². The van der Waals surface area contributed by atoms with Crippen LogP contribution in [-0.4, -0.2) is 22.1 Å². The molecule has 5 heteroatoms. The summed E-state index contributed by atoms with van der Waals surface area (Å²) in [5.74, 6) is -1.47. The summed E-state index contributed by atoms with van der Waals surface area (Å²) in [6.07, 6.45) is 7.33. The van der Waals surface area contributed by atoms with Crippen molar-refractivity contribution in [3.8, 4) is 5.75 Å². The molecule has 0 aliphatic heterocycles. The van der Waals surface area contributed by atoms with Gasteiger partial charge in [-0.1, -0.05) is 32.1 Å². The third-order valence-corrected chi connectivity index (χ3v) is 3.97. The van der Waals surface area contributed by atoms with Crippen molar-refractivity contribution in [2.75, 3.05) is 5.32 Å². The summed E-state index contributed by atoms with van der Waals surface area (Å²) < 4.78 is 0. The maximum Gasteiger partial charge on any atom is 0.337 e. The number of carbonyl (C=O) groups excluding carboxylic acids is 1. The minimum Gasteiger partial charge on any atom is -0.508 e. The molecular formula is C16H21NO4. The van der Waals surface area contributed by atoms with Gasteiger partial charge in [0, 0.05) is 5.92 Å². The molecule has 0 spiro atoms. The number of aromatic hydroxyl groups is 1. The Balaban J connectivity index is 2.09. The van der Waals surface area contributed by atoms with E-state index in [1.165, 1.54) is 18.6 Å². The highest BCUT2D eigenvalue weighted by molar-refractivity contribution is 6.01. The van der Waals surface area contributed by atoms with Crippen LogP contribution in [0.2, 0.25) is 0 Å². The second-order valence-electron chi connectivity index (χ2n) is 5.57. The van der Waals surface area contributed by atoms with Crippen molar-refractivity contribution in [3.63, 3.8) is 0 Å². The van der Waals surface area contributed by atoms with Gasteiger partial charge in [0.05, 0.1) is 11.3 Å². The number of carboxylic acid groups (broad SMARTS) is 1. The van der Waals surface area contributed by atoms with Crippen LogP contribution in [0.5, 0.6) is 5.75 Å². The number of rotatable bonds is 3. The molecule has 1 amide bonds. The largest absolute Gasteiger partial charge is 0.508 e. The summed E-state index contributed by atoms with van der Waals surface area (Å²) in [4.78, 5) is 23.5. The van der Waals surface area contributed by atoms with E-state index in [1.54, 1.807) is 0 Å². The number of amides is 1. The average Bonchev–Trinajstić information content (AvgIpc) is 2.40. The Kier molecular flexibility index (Phi) is 5.20. The van der Waals surface area contributed by atoms with Crippen LogP contribution >= 0.6 is 0 Å².